The number of phenols is 1. The molecule has 18 heavy (non-hydrogen) atoms. The van der Waals surface area contributed by atoms with Gasteiger partial charge in [-0.25, -0.2) is 0 Å². The van der Waals surface area contributed by atoms with Gasteiger partial charge in [-0.3, -0.25) is 4.79 Å². The lowest BCUT2D eigenvalue weighted by Gasteiger charge is -2.11. The van der Waals surface area contributed by atoms with Gasteiger partial charge in [0, 0.05) is 18.2 Å². The summed E-state index contributed by atoms with van der Waals surface area (Å²) in [5, 5.41) is 12.2. The highest BCUT2D eigenvalue weighted by molar-refractivity contribution is 5.76. The lowest BCUT2D eigenvalue weighted by Crippen LogP contribution is -2.35. The van der Waals surface area contributed by atoms with Crippen LogP contribution in [0.4, 0.5) is 0 Å². The molecule has 0 aliphatic carbocycles. The molecule has 0 aromatic heterocycles. The summed E-state index contributed by atoms with van der Waals surface area (Å²) in [6, 6.07) is 5.00. The molecule has 1 unspecified atom stereocenters. The summed E-state index contributed by atoms with van der Waals surface area (Å²) >= 11 is 0. The minimum atomic E-state index is -0.0925. The molecular formula is C13H20N2O3. The third kappa shape index (κ3) is 4.63. The zero-order chi connectivity index (χ0) is 13.5. The van der Waals surface area contributed by atoms with Crippen LogP contribution in [0.25, 0.3) is 0 Å². The molecule has 5 heteroatoms. The summed E-state index contributed by atoms with van der Waals surface area (Å²) in [4.78, 5) is 11.4. The molecule has 0 radical (unpaired) electrons. The molecule has 0 fully saturated rings. The Morgan fingerprint density at radius 1 is 1.56 bits per heavy atom. The van der Waals surface area contributed by atoms with Gasteiger partial charge in [-0.15, -0.1) is 0 Å². The number of nitrogens with one attached hydrogen (secondary N) is 1. The van der Waals surface area contributed by atoms with Crippen LogP contribution >= 0.6 is 0 Å². The maximum atomic E-state index is 11.4. The molecule has 0 saturated heterocycles. The maximum Gasteiger partial charge on any atom is 0.223 e. The van der Waals surface area contributed by atoms with E-state index in [9.17, 15) is 9.90 Å². The van der Waals surface area contributed by atoms with Gasteiger partial charge in [0.1, 0.15) is 11.5 Å². The number of aromatic hydroxyl groups is 1. The van der Waals surface area contributed by atoms with Gasteiger partial charge >= 0.3 is 0 Å². The van der Waals surface area contributed by atoms with Gasteiger partial charge in [0.25, 0.3) is 0 Å². The van der Waals surface area contributed by atoms with Crippen molar-refractivity contribution in [2.24, 2.45) is 5.73 Å². The first-order valence-electron chi connectivity index (χ1n) is 5.94. The second-order valence-electron chi connectivity index (χ2n) is 4.28. The van der Waals surface area contributed by atoms with Crippen LogP contribution in [0.5, 0.6) is 11.5 Å². The van der Waals surface area contributed by atoms with Crippen LogP contribution in [0, 0.1) is 6.92 Å². The van der Waals surface area contributed by atoms with E-state index in [2.05, 4.69) is 5.32 Å². The predicted octanol–water partition coefficient (Wildman–Crippen LogP) is 0.933. The van der Waals surface area contributed by atoms with E-state index in [4.69, 9.17) is 10.5 Å². The number of amides is 1. The average Bonchev–Trinajstić information content (AvgIpc) is 2.32. The number of carbonyl (C=O) groups excluding carboxylic acids is 1. The van der Waals surface area contributed by atoms with Gasteiger partial charge in [-0.1, -0.05) is 6.07 Å². The van der Waals surface area contributed by atoms with Crippen molar-refractivity contribution in [1.29, 1.82) is 0 Å². The van der Waals surface area contributed by atoms with E-state index < -0.39 is 0 Å². The van der Waals surface area contributed by atoms with Crippen LogP contribution in [0.3, 0.4) is 0 Å². The summed E-state index contributed by atoms with van der Waals surface area (Å²) in [6.45, 7) is 4.33. The SMILES string of the molecule is Cc1c(O)cccc1OCCC(=O)NCC(C)N. The van der Waals surface area contributed by atoms with Crippen molar-refractivity contribution >= 4 is 5.91 Å². The topological polar surface area (TPSA) is 84.6 Å². The van der Waals surface area contributed by atoms with Crippen LogP contribution in [-0.4, -0.2) is 30.2 Å². The zero-order valence-corrected chi connectivity index (χ0v) is 10.8. The van der Waals surface area contributed by atoms with Crippen molar-refractivity contribution in [3.05, 3.63) is 23.8 Å². The molecule has 1 atom stereocenters. The first kappa shape index (κ1) is 14.3. The van der Waals surface area contributed by atoms with Crippen LogP contribution in [0.2, 0.25) is 0 Å². The van der Waals surface area contributed by atoms with E-state index in [-0.39, 0.29) is 30.7 Å². The maximum absolute atomic E-state index is 11.4. The Kier molecular flexibility index (Phi) is 5.45. The molecule has 5 nitrogen and oxygen atoms in total. The van der Waals surface area contributed by atoms with E-state index in [1.165, 1.54) is 0 Å². The number of ether oxygens (including phenoxy) is 1. The van der Waals surface area contributed by atoms with Crippen LogP contribution < -0.4 is 15.8 Å². The fourth-order valence-corrected chi connectivity index (χ4v) is 1.38. The summed E-state index contributed by atoms with van der Waals surface area (Å²) < 4.78 is 5.44. The van der Waals surface area contributed by atoms with Crippen molar-refractivity contribution in [1.82, 2.24) is 5.32 Å². The van der Waals surface area contributed by atoms with E-state index in [1.807, 2.05) is 6.92 Å². The molecule has 0 aliphatic rings. The van der Waals surface area contributed by atoms with Crippen molar-refractivity contribution in [3.8, 4) is 11.5 Å². The van der Waals surface area contributed by atoms with E-state index in [0.717, 1.165) is 0 Å². The number of carbonyl (C=O) groups is 1. The van der Waals surface area contributed by atoms with Gasteiger partial charge in [0.05, 0.1) is 13.0 Å². The van der Waals surface area contributed by atoms with Crippen LogP contribution in [-0.2, 0) is 4.79 Å². The van der Waals surface area contributed by atoms with Crippen molar-refractivity contribution in [2.45, 2.75) is 26.3 Å². The molecule has 0 bridgehead atoms. The number of rotatable bonds is 6. The molecule has 1 aromatic rings. The Bertz CT molecular complexity index is 405. The van der Waals surface area contributed by atoms with Gasteiger partial charge < -0.3 is 20.9 Å². The van der Waals surface area contributed by atoms with E-state index in [0.29, 0.717) is 17.9 Å². The number of hydrogen-bond donors (Lipinski definition) is 3. The zero-order valence-electron chi connectivity index (χ0n) is 10.8. The largest absolute Gasteiger partial charge is 0.508 e. The summed E-state index contributed by atoms with van der Waals surface area (Å²) in [5.74, 6) is 0.689. The molecule has 0 aliphatic heterocycles. The number of benzene rings is 1. The Labute approximate surface area is 107 Å². The van der Waals surface area contributed by atoms with E-state index >= 15 is 0 Å². The predicted molar refractivity (Wildman–Crippen MR) is 69.6 cm³/mol. The second-order valence-corrected chi connectivity index (χ2v) is 4.28. The highest BCUT2D eigenvalue weighted by Crippen LogP contribution is 2.25. The third-order valence-corrected chi connectivity index (χ3v) is 2.46. The second kappa shape index (κ2) is 6.86. The van der Waals surface area contributed by atoms with Gasteiger partial charge in [-0.2, -0.15) is 0 Å². The Morgan fingerprint density at radius 2 is 2.28 bits per heavy atom. The molecule has 0 heterocycles. The normalized spacial score (nSPS) is 11.9. The first-order valence-corrected chi connectivity index (χ1v) is 5.94. The first-order chi connectivity index (χ1) is 8.50. The molecule has 0 spiro atoms. The number of hydrogen-bond acceptors (Lipinski definition) is 4. The molecule has 1 amide bonds. The van der Waals surface area contributed by atoms with Crippen LogP contribution in [0.15, 0.2) is 18.2 Å². The minimum absolute atomic E-state index is 0.0526. The van der Waals surface area contributed by atoms with Crippen molar-refractivity contribution in [2.75, 3.05) is 13.2 Å². The molecule has 0 saturated carbocycles. The lowest BCUT2D eigenvalue weighted by atomic mass is 10.2. The summed E-state index contributed by atoms with van der Waals surface area (Å²) in [6.07, 6.45) is 0.266. The van der Waals surface area contributed by atoms with Gasteiger partial charge in [0.15, 0.2) is 0 Å². The Morgan fingerprint density at radius 3 is 2.94 bits per heavy atom. The fraction of sp³-hybridized carbons (Fsp3) is 0.462. The van der Waals surface area contributed by atoms with Gasteiger partial charge in [0.2, 0.25) is 5.91 Å². The van der Waals surface area contributed by atoms with Gasteiger partial charge in [-0.05, 0) is 26.0 Å². The minimum Gasteiger partial charge on any atom is -0.508 e. The van der Waals surface area contributed by atoms with E-state index in [1.54, 1.807) is 25.1 Å². The standard InChI is InChI=1S/C13H20N2O3/c1-9(14)8-15-13(17)6-7-18-12-5-3-4-11(16)10(12)2/h3-5,9,16H,6-8,14H2,1-2H3,(H,15,17). The number of phenolic OH excluding ortho intramolecular Hbond substituents is 1. The molecule has 100 valence electrons. The molecule has 4 N–H and O–H groups in total. The lowest BCUT2D eigenvalue weighted by molar-refractivity contribution is -0.121. The number of nitrogens with two attached hydrogens (primary N) is 1. The summed E-state index contributed by atoms with van der Waals surface area (Å²) in [5.41, 5.74) is 6.20. The Hall–Kier alpha value is -1.75. The monoisotopic (exact) mass is 252 g/mol. The quantitative estimate of drug-likeness (QED) is 0.703. The third-order valence-electron chi connectivity index (χ3n) is 2.46. The van der Waals surface area contributed by atoms with Crippen LogP contribution in [0.1, 0.15) is 18.9 Å². The van der Waals surface area contributed by atoms with Crippen molar-refractivity contribution in [3.63, 3.8) is 0 Å². The summed E-state index contributed by atoms with van der Waals surface area (Å²) in [7, 11) is 0. The average molecular weight is 252 g/mol. The Balaban J connectivity index is 2.33. The van der Waals surface area contributed by atoms with Crippen molar-refractivity contribution < 1.29 is 14.6 Å². The molecule has 1 rings (SSSR count). The highest BCUT2D eigenvalue weighted by Gasteiger charge is 2.06. The molecular weight excluding hydrogens is 232 g/mol. The fourth-order valence-electron chi connectivity index (χ4n) is 1.38. The highest BCUT2D eigenvalue weighted by atomic mass is 16.5. The molecule has 1 aromatic carbocycles. The smallest absolute Gasteiger partial charge is 0.223 e.